The molecular formula is C18H16N2O2. The van der Waals surface area contributed by atoms with E-state index in [1.54, 1.807) is 24.6 Å². The summed E-state index contributed by atoms with van der Waals surface area (Å²) in [7, 11) is 0. The monoisotopic (exact) mass is 292 g/mol. The summed E-state index contributed by atoms with van der Waals surface area (Å²) in [4.78, 5) is 0. The molecule has 2 aromatic rings. The molecule has 0 aromatic heterocycles. The molecule has 0 N–H and O–H groups in total. The summed E-state index contributed by atoms with van der Waals surface area (Å²) < 4.78 is 9.70. The van der Waals surface area contributed by atoms with Gasteiger partial charge in [-0.2, -0.15) is 0 Å². The van der Waals surface area contributed by atoms with Crippen LogP contribution in [0.1, 0.15) is 35.1 Å². The van der Waals surface area contributed by atoms with Crippen molar-refractivity contribution in [3.63, 3.8) is 0 Å². The minimum atomic E-state index is 0.187. The Morgan fingerprint density at radius 3 is 1.55 bits per heavy atom. The van der Waals surface area contributed by atoms with Crippen molar-refractivity contribution in [1.82, 2.24) is 0 Å². The first-order valence-corrected chi connectivity index (χ1v) is 6.89. The van der Waals surface area contributed by atoms with Crippen LogP contribution in [-0.4, -0.2) is 0 Å². The number of nitrogens with zero attached hydrogens (tertiary/aromatic N) is 2. The molecule has 0 amide bonds. The highest BCUT2D eigenvalue weighted by Gasteiger charge is 2.14. The Balaban J connectivity index is 2.34. The zero-order valence-electron chi connectivity index (χ0n) is 12.8. The molecule has 0 fully saturated rings. The van der Waals surface area contributed by atoms with Crippen LogP contribution in [0.2, 0.25) is 0 Å². The summed E-state index contributed by atoms with van der Waals surface area (Å²) >= 11 is 0. The molecule has 0 atom stereocenters. The Bertz CT molecular complexity index is 704. The van der Waals surface area contributed by atoms with Gasteiger partial charge in [-0.25, -0.2) is 0 Å². The van der Waals surface area contributed by atoms with E-state index in [2.05, 4.69) is 6.92 Å². The number of aryl methyl sites for hydroxylation is 2. The molecular weight excluding hydrogens is 276 g/mol. The van der Waals surface area contributed by atoms with Gasteiger partial charge in [0.25, 0.3) is 12.5 Å². The second-order valence-corrected chi connectivity index (χ2v) is 5.15. The Kier molecular flexibility index (Phi) is 4.66. The van der Waals surface area contributed by atoms with Gasteiger partial charge in [0, 0.05) is 5.92 Å². The smallest absolute Gasteiger partial charge is 0.292 e. The van der Waals surface area contributed by atoms with Crippen molar-refractivity contribution in [3.05, 3.63) is 58.7 Å². The topological polar surface area (TPSA) is 66.0 Å². The fourth-order valence-electron chi connectivity index (χ4n) is 2.67. The van der Waals surface area contributed by atoms with E-state index in [0.717, 1.165) is 11.1 Å². The highest BCUT2D eigenvalue weighted by Crippen LogP contribution is 2.32. The number of hydrogen-bond acceptors (Lipinski definition) is 4. The summed E-state index contributed by atoms with van der Waals surface area (Å²) in [6, 6.07) is 11.3. The van der Waals surface area contributed by atoms with Crippen LogP contribution in [0.4, 0.5) is 0 Å². The Hall–Kier alpha value is -2.98. The maximum atomic E-state index is 8.57. The predicted molar refractivity (Wildman–Crippen MR) is 82.4 cm³/mol. The first-order chi connectivity index (χ1) is 10.6. The van der Waals surface area contributed by atoms with Crippen LogP contribution in [0.15, 0.2) is 36.4 Å². The lowest BCUT2D eigenvalue weighted by molar-refractivity contribution is 0.506. The van der Waals surface area contributed by atoms with Crippen LogP contribution in [0.25, 0.3) is 0 Å². The zero-order valence-corrected chi connectivity index (χ0v) is 12.8. The summed E-state index contributed by atoms with van der Waals surface area (Å²) in [5.41, 5.74) is 4.47. The Morgan fingerprint density at radius 1 is 0.818 bits per heavy atom. The van der Waals surface area contributed by atoms with Crippen molar-refractivity contribution in [1.29, 1.82) is 10.5 Å². The van der Waals surface area contributed by atoms with E-state index in [0.29, 0.717) is 11.5 Å². The highest BCUT2D eigenvalue weighted by atomic mass is 16.5. The lowest BCUT2D eigenvalue weighted by Gasteiger charge is -2.18. The molecule has 0 aliphatic heterocycles. The largest absolute Gasteiger partial charge is 0.388 e. The summed E-state index contributed by atoms with van der Waals surface area (Å²) in [5, 5.41) is 17.1. The van der Waals surface area contributed by atoms with Crippen LogP contribution >= 0.6 is 0 Å². The average Bonchev–Trinajstić information content (AvgIpc) is 2.47. The van der Waals surface area contributed by atoms with Gasteiger partial charge in [0.2, 0.25) is 0 Å². The molecule has 0 aliphatic rings. The van der Waals surface area contributed by atoms with Crippen LogP contribution in [0, 0.1) is 36.9 Å². The van der Waals surface area contributed by atoms with Crippen LogP contribution in [-0.2, 0) is 0 Å². The molecule has 2 aromatic carbocycles. The van der Waals surface area contributed by atoms with Crippen molar-refractivity contribution in [3.8, 4) is 24.0 Å². The third kappa shape index (κ3) is 3.19. The molecule has 4 nitrogen and oxygen atoms in total. The predicted octanol–water partition coefficient (Wildman–Crippen LogP) is 4.18. The zero-order chi connectivity index (χ0) is 16.1. The molecule has 0 spiro atoms. The van der Waals surface area contributed by atoms with Gasteiger partial charge in [0.15, 0.2) is 0 Å². The highest BCUT2D eigenvalue weighted by molar-refractivity contribution is 5.45. The van der Waals surface area contributed by atoms with E-state index in [-0.39, 0.29) is 5.92 Å². The maximum absolute atomic E-state index is 8.57. The van der Waals surface area contributed by atoms with Crippen molar-refractivity contribution in [2.75, 3.05) is 0 Å². The van der Waals surface area contributed by atoms with E-state index < -0.39 is 0 Å². The van der Waals surface area contributed by atoms with Gasteiger partial charge < -0.3 is 9.47 Å². The van der Waals surface area contributed by atoms with Crippen molar-refractivity contribution in [2.45, 2.75) is 26.7 Å². The fraction of sp³-hybridized carbons (Fsp3) is 0.222. The molecule has 0 aliphatic carbocycles. The van der Waals surface area contributed by atoms with Crippen LogP contribution < -0.4 is 9.47 Å². The number of benzene rings is 2. The second kappa shape index (κ2) is 6.65. The lowest BCUT2D eigenvalue weighted by atomic mass is 9.87. The van der Waals surface area contributed by atoms with Gasteiger partial charge in [-0.05, 0) is 60.4 Å². The normalized spacial score (nSPS) is 9.91. The third-order valence-electron chi connectivity index (χ3n) is 3.74. The van der Waals surface area contributed by atoms with Crippen molar-refractivity contribution >= 4 is 0 Å². The SMILES string of the molecule is Cc1cc(OC#N)ccc1C(C)c1ccc(OC#N)cc1C. The van der Waals surface area contributed by atoms with E-state index in [4.69, 9.17) is 20.0 Å². The number of nitriles is 2. The van der Waals surface area contributed by atoms with Crippen molar-refractivity contribution < 1.29 is 9.47 Å². The van der Waals surface area contributed by atoms with E-state index >= 15 is 0 Å². The average molecular weight is 292 g/mol. The molecule has 0 saturated heterocycles. The van der Waals surface area contributed by atoms with Gasteiger partial charge in [0.1, 0.15) is 11.5 Å². The molecule has 0 unspecified atom stereocenters. The Morgan fingerprint density at radius 2 is 1.23 bits per heavy atom. The lowest BCUT2D eigenvalue weighted by Crippen LogP contribution is -2.02. The second-order valence-electron chi connectivity index (χ2n) is 5.15. The molecule has 0 radical (unpaired) electrons. The van der Waals surface area contributed by atoms with Crippen molar-refractivity contribution in [2.24, 2.45) is 0 Å². The molecule has 2 rings (SSSR count). The molecule has 0 saturated carbocycles. The van der Waals surface area contributed by atoms with E-state index in [1.807, 2.05) is 38.1 Å². The quantitative estimate of drug-likeness (QED) is 0.793. The first-order valence-electron chi connectivity index (χ1n) is 6.89. The van der Waals surface area contributed by atoms with Crippen LogP contribution in [0.3, 0.4) is 0 Å². The molecule has 0 bridgehead atoms. The van der Waals surface area contributed by atoms with Gasteiger partial charge in [-0.3, -0.25) is 0 Å². The first kappa shape index (κ1) is 15.4. The molecule has 0 heterocycles. The number of ether oxygens (including phenoxy) is 2. The minimum Gasteiger partial charge on any atom is -0.388 e. The molecule has 110 valence electrons. The fourth-order valence-corrected chi connectivity index (χ4v) is 2.67. The third-order valence-corrected chi connectivity index (χ3v) is 3.74. The van der Waals surface area contributed by atoms with Gasteiger partial charge in [-0.15, -0.1) is 10.5 Å². The summed E-state index contributed by atoms with van der Waals surface area (Å²) in [5.74, 6) is 1.28. The standard InChI is InChI=1S/C18H16N2O2/c1-12-8-15(21-10-19)4-6-17(12)14(3)18-7-5-16(22-11-20)9-13(18)2/h4-9,14H,1-3H3. The summed E-state index contributed by atoms with van der Waals surface area (Å²) in [6.07, 6.45) is 3.36. The minimum absolute atomic E-state index is 0.187. The van der Waals surface area contributed by atoms with Gasteiger partial charge in [0.05, 0.1) is 0 Å². The maximum Gasteiger partial charge on any atom is 0.292 e. The number of hydrogen-bond donors (Lipinski definition) is 0. The number of rotatable bonds is 4. The van der Waals surface area contributed by atoms with Crippen LogP contribution in [0.5, 0.6) is 11.5 Å². The molecule has 22 heavy (non-hydrogen) atoms. The van der Waals surface area contributed by atoms with Gasteiger partial charge >= 0.3 is 0 Å². The van der Waals surface area contributed by atoms with E-state index in [9.17, 15) is 0 Å². The summed E-state index contributed by atoms with van der Waals surface area (Å²) in [6.45, 7) is 6.12. The van der Waals surface area contributed by atoms with E-state index in [1.165, 1.54) is 11.1 Å². The van der Waals surface area contributed by atoms with Gasteiger partial charge in [-0.1, -0.05) is 19.1 Å². The molecule has 4 heteroatoms. The Labute approximate surface area is 130 Å².